The molecule has 0 saturated heterocycles. The lowest BCUT2D eigenvalue weighted by Crippen LogP contribution is -2.20. The van der Waals surface area contributed by atoms with Crippen LogP contribution in [0.25, 0.3) is 0 Å². The van der Waals surface area contributed by atoms with Gasteiger partial charge in [-0.3, -0.25) is 0 Å². The molecule has 0 aliphatic heterocycles. The highest BCUT2D eigenvalue weighted by Gasteiger charge is 2.20. The van der Waals surface area contributed by atoms with Crippen LogP contribution in [0, 0.1) is 11.7 Å². The van der Waals surface area contributed by atoms with E-state index in [0.717, 1.165) is 18.0 Å². The first-order valence-corrected chi connectivity index (χ1v) is 5.74. The van der Waals surface area contributed by atoms with Gasteiger partial charge in [0.1, 0.15) is 5.82 Å². The second-order valence-electron chi connectivity index (χ2n) is 4.46. The van der Waals surface area contributed by atoms with E-state index in [1.54, 1.807) is 12.1 Å². The third-order valence-electron chi connectivity index (χ3n) is 3.05. The summed E-state index contributed by atoms with van der Waals surface area (Å²) in [4.78, 5) is 0. The molecular formula is C13H18FN. The van der Waals surface area contributed by atoms with E-state index in [0.29, 0.717) is 0 Å². The number of benzene rings is 1. The highest BCUT2D eigenvalue weighted by Crippen LogP contribution is 2.31. The molecule has 2 heteroatoms. The summed E-state index contributed by atoms with van der Waals surface area (Å²) < 4.78 is 13.0. The van der Waals surface area contributed by atoms with Gasteiger partial charge in [0.2, 0.25) is 0 Å². The summed E-state index contributed by atoms with van der Waals surface area (Å²) in [6, 6.07) is 7.08. The molecule has 0 heterocycles. The van der Waals surface area contributed by atoms with Gasteiger partial charge in [-0.25, -0.2) is 4.39 Å². The zero-order valence-electron chi connectivity index (χ0n) is 9.17. The Hall–Kier alpha value is -0.890. The largest absolute Gasteiger partial charge is 0.310 e. The first kappa shape index (κ1) is 10.6. The Morgan fingerprint density at radius 3 is 2.93 bits per heavy atom. The Kier molecular flexibility index (Phi) is 3.37. The second kappa shape index (κ2) is 4.75. The summed E-state index contributed by atoms with van der Waals surface area (Å²) in [7, 11) is 0. The average Bonchev–Trinajstić information content (AvgIpc) is 3.01. The minimum absolute atomic E-state index is 0.150. The van der Waals surface area contributed by atoms with Crippen molar-refractivity contribution < 1.29 is 4.39 Å². The molecule has 0 spiro atoms. The Bertz CT molecular complexity index is 320. The van der Waals surface area contributed by atoms with Gasteiger partial charge < -0.3 is 5.32 Å². The van der Waals surface area contributed by atoms with Crippen molar-refractivity contribution in [1.29, 1.82) is 0 Å². The van der Waals surface area contributed by atoms with Crippen LogP contribution in [0.15, 0.2) is 24.3 Å². The maximum Gasteiger partial charge on any atom is 0.123 e. The van der Waals surface area contributed by atoms with E-state index in [2.05, 4.69) is 12.2 Å². The van der Waals surface area contributed by atoms with Crippen LogP contribution in [-0.2, 0) is 0 Å². The van der Waals surface area contributed by atoms with Crippen molar-refractivity contribution >= 4 is 0 Å². The van der Waals surface area contributed by atoms with E-state index in [1.165, 1.54) is 25.3 Å². The molecule has 0 aromatic heterocycles. The lowest BCUT2D eigenvalue weighted by Gasteiger charge is -2.13. The van der Waals surface area contributed by atoms with Gasteiger partial charge in [-0.15, -0.1) is 0 Å². The van der Waals surface area contributed by atoms with E-state index in [9.17, 15) is 4.39 Å². The topological polar surface area (TPSA) is 12.0 Å². The molecule has 1 aromatic rings. The molecule has 0 bridgehead atoms. The van der Waals surface area contributed by atoms with Crippen LogP contribution in [0.4, 0.5) is 4.39 Å². The molecule has 1 aliphatic carbocycles. The summed E-state index contributed by atoms with van der Waals surface area (Å²) in [5, 5.41) is 3.43. The molecule has 1 atom stereocenters. The lowest BCUT2D eigenvalue weighted by atomic mass is 10.1. The Balaban J connectivity index is 1.80. The molecule has 0 radical (unpaired) electrons. The van der Waals surface area contributed by atoms with Crippen molar-refractivity contribution in [3.63, 3.8) is 0 Å². The quantitative estimate of drug-likeness (QED) is 0.781. The van der Waals surface area contributed by atoms with E-state index in [1.807, 2.05) is 6.07 Å². The molecule has 15 heavy (non-hydrogen) atoms. The molecule has 1 fully saturated rings. The third kappa shape index (κ3) is 3.31. The minimum Gasteiger partial charge on any atom is -0.310 e. The summed E-state index contributed by atoms with van der Waals surface area (Å²) in [6.45, 7) is 3.13. The number of rotatable bonds is 5. The number of hydrogen-bond donors (Lipinski definition) is 1. The Morgan fingerprint density at radius 2 is 2.27 bits per heavy atom. The van der Waals surface area contributed by atoms with Crippen LogP contribution in [0.1, 0.15) is 37.8 Å². The summed E-state index contributed by atoms with van der Waals surface area (Å²) in [6.07, 6.45) is 4.06. The van der Waals surface area contributed by atoms with Crippen LogP contribution < -0.4 is 5.32 Å². The molecule has 1 aromatic carbocycles. The maximum absolute atomic E-state index is 13.0. The SMILES string of the molecule is CC(NCCC1CC1)c1cccc(F)c1. The van der Waals surface area contributed by atoms with E-state index < -0.39 is 0 Å². The average molecular weight is 207 g/mol. The fraction of sp³-hybridized carbons (Fsp3) is 0.538. The van der Waals surface area contributed by atoms with E-state index in [-0.39, 0.29) is 11.9 Å². The first-order valence-electron chi connectivity index (χ1n) is 5.74. The van der Waals surface area contributed by atoms with Crippen LogP contribution in [-0.4, -0.2) is 6.54 Å². The third-order valence-corrected chi connectivity index (χ3v) is 3.05. The summed E-state index contributed by atoms with van der Waals surface area (Å²) in [5.41, 5.74) is 1.03. The number of hydrogen-bond acceptors (Lipinski definition) is 1. The van der Waals surface area contributed by atoms with Crippen molar-refractivity contribution in [2.24, 2.45) is 5.92 Å². The van der Waals surface area contributed by atoms with Crippen LogP contribution in [0.3, 0.4) is 0 Å². The normalized spacial score (nSPS) is 17.7. The standard InChI is InChI=1S/C13H18FN/c1-10(15-8-7-11-5-6-11)12-3-2-4-13(14)9-12/h2-4,9-11,15H,5-8H2,1H3. The molecular weight excluding hydrogens is 189 g/mol. The zero-order chi connectivity index (χ0) is 10.7. The van der Waals surface area contributed by atoms with Gasteiger partial charge >= 0.3 is 0 Å². The first-order chi connectivity index (χ1) is 7.25. The van der Waals surface area contributed by atoms with Crippen molar-refractivity contribution in [3.05, 3.63) is 35.6 Å². The predicted octanol–water partition coefficient (Wildman–Crippen LogP) is 3.28. The van der Waals surface area contributed by atoms with E-state index in [4.69, 9.17) is 0 Å². The molecule has 1 unspecified atom stereocenters. The number of halogens is 1. The van der Waals surface area contributed by atoms with Crippen molar-refractivity contribution in [1.82, 2.24) is 5.32 Å². The molecule has 82 valence electrons. The van der Waals surface area contributed by atoms with Gasteiger partial charge in [-0.05, 0) is 43.5 Å². The van der Waals surface area contributed by atoms with Gasteiger partial charge in [0.05, 0.1) is 0 Å². The fourth-order valence-corrected chi connectivity index (χ4v) is 1.80. The monoisotopic (exact) mass is 207 g/mol. The van der Waals surface area contributed by atoms with E-state index >= 15 is 0 Å². The lowest BCUT2D eigenvalue weighted by molar-refractivity contribution is 0.535. The smallest absolute Gasteiger partial charge is 0.123 e. The van der Waals surface area contributed by atoms with Crippen molar-refractivity contribution in [3.8, 4) is 0 Å². The molecule has 1 N–H and O–H groups in total. The van der Waals surface area contributed by atoms with Crippen LogP contribution in [0.2, 0.25) is 0 Å². The summed E-state index contributed by atoms with van der Waals surface area (Å²) in [5.74, 6) is 0.806. The molecule has 1 saturated carbocycles. The van der Waals surface area contributed by atoms with Crippen molar-refractivity contribution in [2.75, 3.05) is 6.54 Å². The Labute approximate surface area is 90.7 Å². The molecule has 0 amide bonds. The number of nitrogens with one attached hydrogen (secondary N) is 1. The minimum atomic E-state index is -0.150. The van der Waals surface area contributed by atoms with Crippen molar-refractivity contribution in [2.45, 2.75) is 32.2 Å². The Morgan fingerprint density at radius 1 is 1.47 bits per heavy atom. The molecule has 1 aliphatic rings. The molecule has 1 nitrogen and oxygen atoms in total. The van der Waals surface area contributed by atoms with Gasteiger partial charge in [0.25, 0.3) is 0 Å². The fourth-order valence-electron chi connectivity index (χ4n) is 1.80. The van der Waals surface area contributed by atoms with Crippen LogP contribution in [0.5, 0.6) is 0 Å². The summed E-state index contributed by atoms with van der Waals surface area (Å²) >= 11 is 0. The maximum atomic E-state index is 13.0. The van der Waals surface area contributed by atoms with Gasteiger partial charge in [-0.2, -0.15) is 0 Å². The van der Waals surface area contributed by atoms with Gasteiger partial charge in [0, 0.05) is 6.04 Å². The van der Waals surface area contributed by atoms with Gasteiger partial charge in [0.15, 0.2) is 0 Å². The highest BCUT2D eigenvalue weighted by atomic mass is 19.1. The zero-order valence-corrected chi connectivity index (χ0v) is 9.17. The predicted molar refractivity (Wildman–Crippen MR) is 60.2 cm³/mol. The highest BCUT2D eigenvalue weighted by molar-refractivity contribution is 5.19. The van der Waals surface area contributed by atoms with Crippen LogP contribution >= 0.6 is 0 Å². The van der Waals surface area contributed by atoms with Gasteiger partial charge in [-0.1, -0.05) is 25.0 Å². The second-order valence-corrected chi connectivity index (χ2v) is 4.46. The molecule has 2 rings (SSSR count).